The first-order valence-electron chi connectivity index (χ1n) is 5.67. The summed E-state index contributed by atoms with van der Waals surface area (Å²) in [6, 6.07) is 8.43. The van der Waals surface area contributed by atoms with E-state index in [1.807, 2.05) is 0 Å². The fraction of sp³-hybridized carbons (Fsp3) is 0.500. The van der Waals surface area contributed by atoms with Gasteiger partial charge in [0.1, 0.15) is 0 Å². The van der Waals surface area contributed by atoms with Crippen LogP contribution in [0.3, 0.4) is 0 Å². The number of aliphatic hydroxyl groups excluding tert-OH is 1. The van der Waals surface area contributed by atoms with Gasteiger partial charge < -0.3 is 10.00 Å². The van der Waals surface area contributed by atoms with Gasteiger partial charge in [-0.15, -0.1) is 0 Å². The lowest BCUT2D eigenvalue weighted by Crippen LogP contribution is -1.89. The summed E-state index contributed by atoms with van der Waals surface area (Å²) in [5.74, 6) is -1.22. The molecule has 1 saturated carbocycles. The Balaban J connectivity index is 0.000000212. The van der Waals surface area contributed by atoms with Gasteiger partial charge in [-0.05, 0) is 5.56 Å². The minimum Gasteiger partial charge on any atom is -0.378 e. The Kier molecular flexibility index (Phi) is 6.39. The van der Waals surface area contributed by atoms with Crippen LogP contribution < -0.4 is 0 Å². The second-order valence-electron chi connectivity index (χ2n) is 3.92. The molecule has 16 heavy (non-hydrogen) atoms. The number of rotatable bonds is 2. The number of hydrogen-bond donors (Lipinski definition) is 2. The lowest BCUT2D eigenvalue weighted by Gasteiger charge is -2.04. The summed E-state index contributed by atoms with van der Waals surface area (Å²) in [7, 11) is -2.86. The summed E-state index contributed by atoms with van der Waals surface area (Å²) in [4.78, 5) is 8.57. The largest absolute Gasteiger partial charge is 0.378 e. The van der Waals surface area contributed by atoms with Gasteiger partial charge in [0.15, 0.2) is 5.85 Å². The molecule has 0 radical (unpaired) electrons. The molecule has 0 bridgehead atoms. The smallest absolute Gasteiger partial charge is 0.221 e. The molecule has 1 aliphatic rings. The fourth-order valence-corrected chi connectivity index (χ4v) is 2.14. The summed E-state index contributed by atoms with van der Waals surface area (Å²) in [5, 5.41) is 9.08. The topological polar surface area (TPSA) is 57.5 Å². The quantitative estimate of drug-likeness (QED) is 0.783. The van der Waals surface area contributed by atoms with Gasteiger partial charge in [0.05, 0.1) is 0 Å². The second kappa shape index (κ2) is 7.61. The summed E-state index contributed by atoms with van der Waals surface area (Å²) in [6.07, 6.45) is 7.50. The van der Waals surface area contributed by atoms with E-state index in [4.69, 9.17) is 10.00 Å². The van der Waals surface area contributed by atoms with Crippen molar-refractivity contribution in [3.8, 4) is 0 Å². The van der Waals surface area contributed by atoms with Crippen LogP contribution in [0.2, 0.25) is 0 Å². The van der Waals surface area contributed by atoms with Gasteiger partial charge in [-0.3, -0.25) is 4.57 Å². The second-order valence-corrected chi connectivity index (χ2v) is 5.14. The van der Waals surface area contributed by atoms with Crippen LogP contribution >= 0.6 is 8.03 Å². The molecule has 0 amide bonds. The first kappa shape index (κ1) is 13.4. The van der Waals surface area contributed by atoms with Crippen molar-refractivity contribution in [2.24, 2.45) is 0 Å². The van der Waals surface area contributed by atoms with E-state index in [0.717, 1.165) is 0 Å². The highest BCUT2D eigenvalue weighted by Gasteiger charge is 2.10. The summed E-state index contributed by atoms with van der Waals surface area (Å²) in [5.41, 5.74) is 0.485. The molecule has 1 aromatic rings. The van der Waals surface area contributed by atoms with Crippen LogP contribution in [0, 0.1) is 0 Å². The van der Waals surface area contributed by atoms with Crippen LogP contribution in [-0.4, -0.2) is 10.00 Å². The van der Waals surface area contributed by atoms with Crippen LogP contribution in [-0.2, 0) is 4.57 Å². The molecule has 0 saturated heterocycles. The van der Waals surface area contributed by atoms with Gasteiger partial charge in [0.25, 0.3) is 0 Å². The standard InChI is InChI=1S/C7H9O3P.C5H10/c8-7(11(9)10)6-4-2-1-3-5-6;1-2-4-5-3-1/h1-5,7-8,11H,(H,9,10);1-5H2. The van der Waals surface area contributed by atoms with Gasteiger partial charge in [0.2, 0.25) is 8.03 Å². The van der Waals surface area contributed by atoms with Crippen molar-refractivity contribution in [3.63, 3.8) is 0 Å². The van der Waals surface area contributed by atoms with E-state index in [1.165, 1.54) is 32.1 Å². The summed E-state index contributed by atoms with van der Waals surface area (Å²) < 4.78 is 10.4. The Morgan fingerprint density at radius 1 is 1.00 bits per heavy atom. The van der Waals surface area contributed by atoms with E-state index in [1.54, 1.807) is 30.3 Å². The molecule has 90 valence electrons. The molecule has 0 heterocycles. The molecule has 3 nitrogen and oxygen atoms in total. The van der Waals surface area contributed by atoms with Crippen molar-refractivity contribution in [2.45, 2.75) is 37.9 Å². The predicted molar refractivity (Wildman–Crippen MR) is 65.7 cm³/mol. The maximum atomic E-state index is 10.4. The molecule has 2 atom stereocenters. The normalized spacial score (nSPS) is 18.4. The van der Waals surface area contributed by atoms with Crippen molar-refractivity contribution >= 4 is 8.03 Å². The fourth-order valence-electron chi connectivity index (χ4n) is 1.66. The van der Waals surface area contributed by atoms with Gasteiger partial charge in [0, 0.05) is 0 Å². The molecule has 1 aromatic carbocycles. The first-order valence-corrected chi connectivity index (χ1v) is 7.11. The van der Waals surface area contributed by atoms with Crippen molar-refractivity contribution in [1.29, 1.82) is 0 Å². The molecule has 0 spiro atoms. The minimum atomic E-state index is -2.86. The molecule has 2 unspecified atom stereocenters. The molecular formula is C12H19O3P. The van der Waals surface area contributed by atoms with Gasteiger partial charge >= 0.3 is 0 Å². The lowest BCUT2D eigenvalue weighted by atomic mass is 10.2. The van der Waals surface area contributed by atoms with Crippen LogP contribution in [0.15, 0.2) is 30.3 Å². The summed E-state index contributed by atoms with van der Waals surface area (Å²) >= 11 is 0. The van der Waals surface area contributed by atoms with E-state index in [2.05, 4.69) is 0 Å². The number of benzene rings is 1. The zero-order valence-corrected chi connectivity index (χ0v) is 10.3. The van der Waals surface area contributed by atoms with Gasteiger partial charge in [-0.1, -0.05) is 62.4 Å². The van der Waals surface area contributed by atoms with Crippen LogP contribution in [0.1, 0.15) is 43.5 Å². The monoisotopic (exact) mass is 242 g/mol. The molecule has 0 aromatic heterocycles. The van der Waals surface area contributed by atoms with Gasteiger partial charge in [-0.25, -0.2) is 0 Å². The van der Waals surface area contributed by atoms with E-state index < -0.39 is 13.9 Å². The van der Waals surface area contributed by atoms with E-state index in [-0.39, 0.29) is 0 Å². The average Bonchev–Trinajstić information content (AvgIpc) is 2.88. The Morgan fingerprint density at radius 3 is 1.81 bits per heavy atom. The third-order valence-corrected chi connectivity index (χ3v) is 3.40. The first-order chi connectivity index (χ1) is 7.72. The zero-order chi connectivity index (χ0) is 11.8. The number of aliphatic hydroxyl groups is 1. The highest BCUT2D eigenvalue weighted by atomic mass is 31.1. The zero-order valence-electron chi connectivity index (χ0n) is 9.30. The Hall–Kier alpha value is -0.630. The Bertz CT molecular complexity index is 302. The molecular weight excluding hydrogens is 223 g/mol. The molecule has 4 heteroatoms. The Morgan fingerprint density at radius 2 is 1.44 bits per heavy atom. The van der Waals surface area contributed by atoms with Crippen molar-refractivity contribution in [2.75, 3.05) is 0 Å². The van der Waals surface area contributed by atoms with Crippen LogP contribution in [0.25, 0.3) is 0 Å². The maximum absolute atomic E-state index is 10.4. The van der Waals surface area contributed by atoms with Crippen molar-refractivity contribution < 1.29 is 14.6 Å². The third-order valence-electron chi connectivity index (χ3n) is 2.60. The van der Waals surface area contributed by atoms with Crippen molar-refractivity contribution in [3.05, 3.63) is 35.9 Å². The highest BCUT2D eigenvalue weighted by molar-refractivity contribution is 7.38. The molecule has 0 aliphatic heterocycles. The van der Waals surface area contributed by atoms with Crippen molar-refractivity contribution in [1.82, 2.24) is 0 Å². The minimum absolute atomic E-state index is 0.485. The van der Waals surface area contributed by atoms with E-state index in [0.29, 0.717) is 5.56 Å². The van der Waals surface area contributed by atoms with E-state index in [9.17, 15) is 4.57 Å². The highest BCUT2D eigenvalue weighted by Crippen LogP contribution is 2.34. The average molecular weight is 242 g/mol. The molecule has 1 aliphatic carbocycles. The third kappa shape index (κ3) is 4.93. The van der Waals surface area contributed by atoms with Crippen LogP contribution in [0.4, 0.5) is 0 Å². The maximum Gasteiger partial charge on any atom is 0.221 e. The lowest BCUT2D eigenvalue weighted by molar-refractivity contribution is 0.243. The Labute approximate surface area is 97.0 Å². The number of hydrogen-bond acceptors (Lipinski definition) is 2. The van der Waals surface area contributed by atoms with Crippen LogP contribution in [0.5, 0.6) is 0 Å². The molecule has 1 fully saturated rings. The summed E-state index contributed by atoms with van der Waals surface area (Å²) in [6.45, 7) is 0. The SMILES string of the molecule is C1CCCC1.O=[PH](O)C(O)c1ccccc1. The molecule has 2 rings (SSSR count). The van der Waals surface area contributed by atoms with Gasteiger partial charge in [-0.2, -0.15) is 0 Å². The molecule has 2 N–H and O–H groups in total. The predicted octanol–water partition coefficient (Wildman–Crippen LogP) is 3.10. The van der Waals surface area contributed by atoms with E-state index >= 15 is 0 Å².